The van der Waals surface area contributed by atoms with E-state index < -0.39 is 0 Å². The molecule has 0 radical (unpaired) electrons. The third kappa shape index (κ3) is 1.70. The van der Waals surface area contributed by atoms with Crippen molar-refractivity contribution in [3.8, 4) is 0 Å². The van der Waals surface area contributed by atoms with E-state index in [0.717, 1.165) is 24.8 Å². The first-order valence-corrected chi connectivity index (χ1v) is 6.99. The van der Waals surface area contributed by atoms with Gasteiger partial charge in [0, 0.05) is 18.8 Å². The second kappa shape index (κ2) is 3.91. The van der Waals surface area contributed by atoms with Crippen LogP contribution in [0.25, 0.3) is 0 Å². The fourth-order valence-corrected chi connectivity index (χ4v) is 3.64. The summed E-state index contributed by atoms with van der Waals surface area (Å²) in [6.45, 7) is 4.46. The maximum absolute atomic E-state index is 12.1. The lowest BCUT2D eigenvalue weighted by atomic mass is 9.62. The molecule has 0 bridgehead atoms. The van der Waals surface area contributed by atoms with Crippen molar-refractivity contribution in [3.05, 3.63) is 22.8 Å². The molecule has 3 aliphatic rings. The van der Waals surface area contributed by atoms with E-state index in [2.05, 4.69) is 19.9 Å². The monoisotopic (exact) mass is 244 g/mol. The second-order valence-corrected chi connectivity index (χ2v) is 6.49. The summed E-state index contributed by atoms with van der Waals surface area (Å²) in [5.41, 5.74) is 3.59. The van der Waals surface area contributed by atoms with Gasteiger partial charge in [-0.1, -0.05) is 25.5 Å². The van der Waals surface area contributed by atoms with Gasteiger partial charge in [0.15, 0.2) is 5.78 Å². The average Bonchev–Trinajstić information content (AvgIpc) is 2.34. The Labute approximate surface area is 108 Å². The van der Waals surface area contributed by atoms with Crippen LogP contribution >= 0.6 is 0 Å². The van der Waals surface area contributed by atoms with Crippen molar-refractivity contribution in [1.29, 1.82) is 0 Å². The first-order valence-electron chi connectivity index (χ1n) is 6.99. The molecule has 1 saturated carbocycles. The number of rotatable bonds is 0. The number of allylic oxidation sites excluding steroid dienone is 4. The topological polar surface area (TPSA) is 34.1 Å². The van der Waals surface area contributed by atoms with Gasteiger partial charge in [-0.3, -0.25) is 9.59 Å². The number of ketones is 2. The summed E-state index contributed by atoms with van der Waals surface area (Å²) in [4.78, 5) is 24.1. The Morgan fingerprint density at radius 2 is 1.94 bits per heavy atom. The van der Waals surface area contributed by atoms with Gasteiger partial charge in [0.05, 0.1) is 0 Å². The van der Waals surface area contributed by atoms with E-state index >= 15 is 0 Å². The molecule has 2 heteroatoms. The Balaban J connectivity index is 2.07. The summed E-state index contributed by atoms with van der Waals surface area (Å²) in [5, 5.41) is 0. The fourth-order valence-electron chi connectivity index (χ4n) is 3.64. The average molecular weight is 244 g/mol. The molecule has 0 aliphatic heterocycles. The second-order valence-electron chi connectivity index (χ2n) is 6.49. The maximum atomic E-state index is 12.1. The van der Waals surface area contributed by atoms with Crippen LogP contribution in [0.4, 0.5) is 0 Å². The molecule has 1 unspecified atom stereocenters. The highest BCUT2D eigenvalue weighted by molar-refractivity contribution is 5.99. The van der Waals surface area contributed by atoms with Crippen LogP contribution in [0.1, 0.15) is 52.4 Å². The molecule has 0 amide bonds. The van der Waals surface area contributed by atoms with Gasteiger partial charge < -0.3 is 0 Å². The molecule has 0 spiro atoms. The van der Waals surface area contributed by atoms with Gasteiger partial charge >= 0.3 is 0 Å². The predicted octanol–water partition coefficient (Wildman–Crippen LogP) is 3.37. The molecule has 1 fully saturated rings. The standard InChI is InChI=1S/C16H20O2/c1-16(2)7-6-15(18)12-9-11-10(8-13(12)16)4-3-5-14(11)17/h8,12H,3-7,9H2,1-2H3. The predicted molar refractivity (Wildman–Crippen MR) is 70.1 cm³/mol. The molecule has 0 aromatic carbocycles. The zero-order valence-electron chi connectivity index (χ0n) is 11.2. The van der Waals surface area contributed by atoms with Gasteiger partial charge in [0.1, 0.15) is 5.78 Å². The molecule has 96 valence electrons. The molecule has 0 aromatic rings. The van der Waals surface area contributed by atoms with Crippen LogP contribution in [0, 0.1) is 11.3 Å². The van der Waals surface area contributed by atoms with Crippen molar-refractivity contribution < 1.29 is 9.59 Å². The van der Waals surface area contributed by atoms with Crippen LogP contribution in [0.2, 0.25) is 0 Å². The Kier molecular flexibility index (Phi) is 2.58. The summed E-state index contributed by atoms with van der Waals surface area (Å²) in [7, 11) is 0. The minimum Gasteiger partial charge on any atom is -0.299 e. The normalized spacial score (nSPS) is 30.8. The van der Waals surface area contributed by atoms with Crippen molar-refractivity contribution >= 4 is 11.6 Å². The molecular formula is C16H20O2. The summed E-state index contributed by atoms with van der Waals surface area (Å²) >= 11 is 0. The smallest absolute Gasteiger partial charge is 0.159 e. The van der Waals surface area contributed by atoms with Gasteiger partial charge in [-0.05, 0) is 42.2 Å². The van der Waals surface area contributed by atoms with E-state index in [4.69, 9.17) is 0 Å². The van der Waals surface area contributed by atoms with Crippen LogP contribution in [0.5, 0.6) is 0 Å². The quantitative estimate of drug-likeness (QED) is 0.654. The third-order valence-electron chi connectivity index (χ3n) is 4.85. The summed E-state index contributed by atoms with van der Waals surface area (Å²) < 4.78 is 0. The molecule has 3 rings (SSSR count). The van der Waals surface area contributed by atoms with Crippen LogP contribution in [-0.4, -0.2) is 11.6 Å². The number of carbonyl (C=O) groups is 2. The minimum absolute atomic E-state index is 0.00505. The van der Waals surface area contributed by atoms with Gasteiger partial charge in [-0.2, -0.15) is 0 Å². The molecule has 1 atom stereocenters. The zero-order valence-corrected chi connectivity index (χ0v) is 11.2. The van der Waals surface area contributed by atoms with E-state index in [0.29, 0.717) is 25.0 Å². The molecule has 0 heterocycles. The highest BCUT2D eigenvalue weighted by Crippen LogP contribution is 2.48. The summed E-state index contributed by atoms with van der Waals surface area (Å²) in [5.74, 6) is 0.614. The lowest BCUT2D eigenvalue weighted by molar-refractivity contribution is -0.124. The third-order valence-corrected chi connectivity index (χ3v) is 4.85. The Morgan fingerprint density at radius 3 is 2.72 bits per heavy atom. The van der Waals surface area contributed by atoms with E-state index in [1.54, 1.807) is 0 Å². The summed E-state index contributed by atoms with van der Waals surface area (Å²) in [6, 6.07) is 0. The van der Waals surface area contributed by atoms with Crippen molar-refractivity contribution in [2.24, 2.45) is 11.3 Å². The molecule has 18 heavy (non-hydrogen) atoms. The van der Waals surface area contributed by atoms with Crippen LogP contribution in [0.3, 0.4) is 0 Å². The van der Waals surface area contributed by atoms with E-state index in [1.807, 2.05) is 0 Å². The number of fused-ring (bicyclic) bond motifs is 1. The van der Waals surface area contributed by atoms with E-state index in [1.165, 1.54) is 11.1 Å². The van der Waals surface area contributed by atoms with Gasteiger partial charge in [-0.15, -0.1) is 0 Å². The van der Waals surface area contributed by atoms with Crippen molar-refractivity contribution in [2.45, 2.75) is 52.4 Å². The molecule has 2 nitrogen and oxygen atoms in total. The SMILES string of the molecule is CC1(C)CCC(=O)C2CC3=C(C=C21)CCCC3=O. The van der Waals surface area contributed by atoms with E-state index in [-0.39, 0.29) is 17.1 Å². The van der Waals surface area contributed by atoms with Crippen molar-refractivity contribution in [2.75, 3.05) is 0 Å². The van der Waals surface area contributed by atoms with Crippen molar-refractivity contribution in [1.82, 2.24) is 0 Å². The highest BCUT2D eigenvalue weighted by Gasteiger charge is 2.42. The molecule has 0 N–H and O–H groups in total. The lowest BCUT2D eigenvalue weighted by Crippen LogP contribution is -2.36. The van der Waals surface area contributed by atoms with Crippen LogP contribution in [-0.2, 0) is 9.59 Å². The molecular weight excluding hydrogens is 224 g/mol. The maximum Gasteiger partial charge on any atom is 0.159 e. The largest absolute Gasteiger partial charge is 0.299 e. The van der Waals surface area contributed by atoms with Gasteiger partial charge in [-0.25, -0.2) is 0 Å². The number of carbonyl (C=O) groups excluding carboxylic acids is 2. The molecule has 0 saturated heterocycles. The van der Waals surface area contributed by atoms with E-state index in [9.17, 15) is 9.59 Å². The minimum atomic E-state index is -0.00505. The number of Topliss-reactive ketones (excluding diaryl/α,β-unsaturated/α-hetero) is 2. The number of hydrogen-bond acceptors (Lipinski definition) is 2. The zero-order chi connectivity index (χ0) is 12.9. The van der Waals surface area contributed by atoms with Crippen LogP contribution in [0.15, 0.2) is 22.8 Å². The van der Waals surface area contributed by atoms with Gasteiger partial charge in [0.25, 0.3) is 0 Å². The van der Waals surface area contributed by atoms with Crippen molar-refractivity contribution in [3.63, 3.8) is 0 Å². The Morgan fingerprint density at radius 1 is 1.17 bits per heavy atom. The summed E-state index contributed by atoms with van der Waals surface area (Å²) in [6.07, 6.45) is 7.16. The Hall–Kier alpha value is -1.18. The Bertz CT molecular complexity index is 491. The van der Waals surface area contributed by atoms with Crippen LogP contribution < -0.4 is 0 Å². The first-order chi connectivity index (χ1) is 8.49. The first kappa shape index (κ1) is 11.9. The molecule has 0 aromatic heterocycles. The lowest BCUT2D eigenvalue weighted by Gasteiger charge is -2.41. The molecule has 3 aliphatic carbocycles. The number of hydrogen-bond donors (Lipinski definition) is 0. The van der Waals surface area contributed by atoms with Gasteiger partial charge in [0.2, 0.25) is 0 Å². The fraction of sp³-hybridized carbons (Fsp3) is 0.625. The highest BCUT2D eigenvalue weighted by atomic mass is 16.1.